The number of carbonyl (C=O) groups is 2. The van der Waals surface area contributed by atoms with Crippen molar-refractivity contribution in [1.82, 2.24) is 10.0 Å². The summed E-state index contributed by atoms with van der Waals surface area (Å²) in [6.07, 6.45) is 2.16. The molecule has 300 valence electrons. The van der Waals surface area contributed by atoms with Gasteiger partial charge in [0, 0.05) is 24.3 Å². The van der Waals surface area contributed by atoms with E-state index >= 15 is 4.39 Å². The zero-order valence-corrected chi connectivity index (χ0v) is 32.0. The molecule has 2 aliphatic carbocycles. The lowest BCUT2D eigenvalue weighted by atomic mass is 9.77. The smallest absolute Gasteiger partial charge is 0.497 e. The SMILES string of the molecule is COc1ccc(CNS(=O)(=O)C2CCC(Oc3cc(C(=O)N[C@H]4[C@@H](C(=O)Nc5cccc(S(=O)(=O)C(F)(F)F)c5)CCC[C@@H]4C)c(OC)cc3F)CC2)cc1. The first-order valence-electron chi connectivity index (χ1n) is 17.6. The van der Waals surface area contributed by atoms with E-state index in [1.807, 2.05) is 6.92 Å². The average molecular weight is 814 g/mol. The van der Waals surface area contributed by atoms with Gasteiger partial charge in [-0.25, -0.2) is 25.9 Å². The predicted molar refractivity (Wildman–Crippen MR) is 194 cm³/mol. The number of hydrogen-bond donors (Lipinski definition) is 3. The van der Waals surface area contributed by atoms with Crippen LogP contribution in [0.3, 0.4) is 0 Å². The molecule has 0 heterocycles. The third-order valence-electron chi connectivity index (χ3n) is 10.1. The first-order valence-corrected chi connectivity index (χ1v) is 20.6. The normalized spacial score (nSPS) is 22.0. The zero-order chi connectivity index (χ0) is 40.1. The van der Waals surface area contributed by atoms with Crippen LogP contribution >= 0.6 is 0 Å². The summed E-state index contributed by atoms with van der Waals surface area (Å²) in [7, 11) is -6.53. The molecule has 18 heteroatoms. The van der Waals surface area contributed by atoms with E-state index in [2.05, 4.69) is 15.4 Å². The van der Waals surface area contributed by atoms with Crippen molar-refractivity contribution in [3.05, 3.63) is 77.6 Å². The van der Waals surface area contributed by atoms with Gasteiger partial charge in [0.15, 0.2) is 11.6 Å². The lowest BCUT2D eigenvalue weighted by molar-refractivity contribution is -0.122. The Kier molecular flexibility index (Phi) is 13.0. The molecule has 55 heavy (non-hydrogen) atoms. The number of carbonyl (C=O) groups excluding carboxylic acids is 2. The number of rotatable bonds is 13. The fourth-order valence-electron chi connectivity index (χ4n) is 6.95. The van der Waals surface area contributed by atoms with Crippen molar-refractivity contribution in [2.24, 2.45) is 11.8 Å². The topological polar surface area (TPSA) is 166 Å². The molecule has 3 aromatic rings. The van der Waals surface area contributed by atoms with Crippen molar-refractivity contribution < 1.29 is 58.2 Å². The number of sulfone groups is 1. The summed E-state index contributed by atoms with van der Waals surface area (Å²) in [5.41, 5.74) is -5.02. The molecule has 0 saturated heterocycles. The Morgan fingerprint density at radius 1 is 0.855 bits per heavy atom. The summed E-state index contributed by atoms with van der Waals surface area (Å²) in [4.78, 5) is 26.2. The molecule has 12 nitrogen and oxygen atoms in total. The average Bonchev–Trinajstić information content (AvgIpc) is 3.15. The minimum atomic E-state index is -5.66. The van der Waals surface area contributed by atoms with Gasteiger partial charge in [0.05, 0.1) is 42.0 Å². The van der Waals surface area contributed by atoms with Crippen LogP contribution in [0, 0.1) is 17.7 Å². The summed E-state index contributed by atoms with van der Waals surface area (Å²) in [5, 5.41) is 4.67. The second-order valence-corrected chi connectivity index (χ2v) is 17.7. The highest BCUT2D eigenvalue weighted by atomic mass is 32.2. The van der Waals surface area contributed by atoms with Gasteiger partial charge in [-0.3, -0.25) is 9.59 Å². The molecule has 2 amide bonds. The second-order valence-electron chi connectivity index (χ2n) is 13.7. The van der Waals surface area contributed by atoms with E-state index < -0.39 is 71.2 Å². The quantitative estimate of drug-likeness (QED) is 0.173. The van der Waals surface area contributed by atoms with Crippen molar-refractivity contribution >= 4 is 37.4 Å². The molecule has 0 bridgehead atoms. The summed E-state index contributed by atoms with van der Waals surface area (Å²) >= 11 is 0. The highest BCUT2D eigenvalue weighted by Crippen LogP contribution is 2.36. The number of benzene rings is 3. The van der Waals surface area contributed by atoms with Gasteiger partial charge in [-0.2, -0.15) is 13.2 Å². The Bertz CT molecular complexity index is 2070. The standard InChI is InChI=1S/C37H43F4N3O9S2/c1-22-6-4-9-29(35(45)43-24-7-5-8-28(18-24)54(47,48)37(39,40)41)34(22)44-36(46)30-19-33(31(38)20-32(30)52-3)53-26-14-16-27(17-15-26)55(49,50)42-21-23-10-12-25(51-2)13-11-23/h5,7-8,10-13,18-20,22,26-27,29,34,42H,4,6,9,14-17,21H2,1-3H3,(H,43,45)(H,44,46)/t22-,26?,27?,29-,34+/m0/s1. The molecule has 5 rings (SSSR count). The predicted octanol–water partition coefficient (Wildman–Crippen LogP) is 6.12. The largest absolute Gasteiger partial charge is 0.501 e. The summed E-state index contributed by atoms with van der Waals surface area (Å²) in [6, 6.07) is 12.3. The number of ether oxygens (including phenoxy) is 3. The third-order valence-corrected chi connectivity index (χ3v) is 13.4. The number of hydrogen-bond acceptors (Lipinski definition) is 9. The second kappa shape index (κ2) is 17.2. The monoisotopic (exact) mass is 813 g/mol. The minimum Gasteiger partial charge on any atom is -0.497 e. The van der Waals surface area contributed by atoms with E-state index in [1.165, 1.54) is 26.4 Å². The molecular weight excluding hydrogens is 771 g/mol. The van der Waals surface area contributed by atoms with E-state index in [9.17, 15) is 39.6 Å². The van der Waals surface area contributed by atoms with Crippen LogP contribution in [0.2, 0.25) is 0 Å². The molecule has 0 aliphatic heterocycles. The van der Waals surface area contributed by atoms with Crippen LogP contribution in [0.15, 0.2) is 65.6 Å². The highest BCUT2D eigenvalue weighted by Gasteiger charge is 2.47. The Morgan fingerprint density at radius 3 is 2.18 bits per heavy atom. The zero-order valence-electron chi connectivity index (χ0n) is 30.3. The maximum absolute atomic E-state index is 15.3. The first-order chi connectivity index (χ1) is 25.9. The molecule has 3 N–H and O–H groups in total. The van der Waals surface area contributed by atoms with Gasteiger partial charge in [0.25, 0.3) is 15.7 Å². The minimum absolute atomic E-state index is 0.0834. The third kappa shape index (κ3) is 9.88. The number of sulfonamides is 1. The lowest BCUT2D eigenvalue weighted by Gasteiger charge is -2.36. The number of halogens is 4. The van der Waals surface area contributed by atoms with E-state index in [0.717, 1.165) is 29.8 Å². The summed E-state index contributed by atoms with van der Waals surface area (Å²) < 4.78 is 124. The molecule has 0 spiro atoms. The molecule has 0 radical (unpaired) electrons. The van der Waals surface area contributed by atoms with Crippen LogP contribution in [0.4, 0.5) is 23.2 Å². The van der Waals surface area contributed by atoms with Crippen LogP contribution in [-0.4, -0.2) is 65.8 Å². The van der Waals surface area contributed by atoms with Gasteiger partial charge in [-0.05, 0) is 86.4 Å². The maximum Gasteiger partial charge on any atom is 0.501 e. The number of methoxy groups -OCH3 is 2. The fraction of sp³-hybridized carbons (Fsp3) is 0.459. The van der Waals surface area contributed by atoms with Gasteiger partial charge in [-0.1, -0.05) is 31.5 Å². The Balaban J connectivity index is 1.24. The molecular formula is C37H43F4N3O9S2. The molecule has 2 fully saturated rings. The molecule has 2 aliphatic rings. The Morgan fingerprint density at radius 2 is 1.55 bits per heavy atom. The van der Waals surface area contributed by atoms with Crippen LogP contribution in [0.1, 0.15) is 67.8 Å². The molecule has 0 aromatic heterocycles. The summed E-state index contributed by atoms with van der Waals surface area (Å²) in [5.74, 6) is -2.92. The Labute approximate surface area is 317 Å². The van der Waals surface area contributed by atoms with Crippen LogP contribution in [-0.2, 0) is 31.2 Å². The number of alkyl halides is 3. The number of nitrogens with one attached hydrogen (secondary N) is 3. The Hall–Kier alpha value is -4.42. The van der Waals surface area contributed by atoms with Crippen LogP contribution in [0.25, 0.3) is 0 Å². The van der Waals surface area contributed by atoms with E-state index in [1.54, 1.807) is 24.3 Å². The van der Waals surface area contributed by atoms with E-state index in [0.29, 0.717) is 37.9 Å². The van der Waals surface area contributed by atoms with Crippen molar-refractivity contribution in [2.45, 2.75) is 86.2 Å². The highest BCUT2D eigenvalue weighted by molar-refractivity contribution is 7.92. The van der Waals surface area contributed by atoms with Crippen LogP contribution in [0.5, 0.6) is 17.2 Å². The fourth-order valence-corrected chi connectivity index (χ4v) is 9.25. The first kappa shape index (κ1) is 41.7. The van der Waals surface area contributed by atoms with Gasteiger partial charge >= 0.3 is 5.51 Å². The molecule has 2 saturated carbocycles. The van der Waals surface area contributed by atoms with Crippen molar-refractivity contribution in [1.29, 1.82) is 0 Å². The van der Waals surface area contributed by atoms with Crippen molar-refractivity contribution in [3.8, 4) is 17.2 Å². The molecule has 3 aromatic carbocycles. The van der Waals surface area contributed by atoms with Crippen LogP contribution < -0.4 is 29.6 Å². The van der Waals surface area contributed by atoms with Crippen molar-refractivity contribution in [2.75, 3.05) is 19.5 Å². The lowest BCUT2D eigenvalue weighted by Crippen LogP contribution is -2.50. The van der Waals surface area contributed by atoms with Crippen molar-refractivity contribution in [3.63, 3.8) is 0 Å². The van der Waals surface area contributed by atoms with Gasteiger partial charge < -0.3 is 24.8 Å². The van der Waals surface area contributed by atoms with Gasteiger partial charge in [0.1, 0.15) is 11.5 Å². The van der Waals surface area contributed by atoms with Gasteiger partial charge in [-0.15, -0.1) is 0 Å². The maximum atomic E-state index is 15.3. The molecule has 3 atom stereocenters. The number of anilines is 1. The van der Waals surface area contributed by atoms with E-state index in [-0.39, 0.29) is 48.1 Å². The van der Waals surface area contributed by atoms with E-state index in [4.69, 9.17) is 14.2 Å². The molecule has 0 unspecified atom stereocenters. The van der Waals surface area contributed by atoms with Gasteiger partial charge in [0.2, 0.25) is 15.9 Å². The number of amides is 2. The summed E-state index contributed by atoms with van der Waals surface area (Å²) in [6.45, 7) is 1.93.